The standard InChI is InChI=1S/C21H22BrN5/c22-16-4-5-18-17(13-16)20(25-15-24-18)26-10-6-21(7-11-26)8-12-27(14-21)19-3-1-2-9-23-19/h1-5,9,13,15H,6-8,10-12,14H2. The molecule has 1 spiro atoms. The number of piperidine rings is 1. The zero-order chi connectivity index (χ0) is 18.3. The topological polar surface area (TPSA) is 45.2 Å². The van der Waals surface area contributed by atoms with Gasteiger partial charge in [0, 0.05) is 42.2 Å². The molecule has 0 amide bonds. The first-order valence-electron chi connectivity index (χ1n) is 9.54. The van der Waals surface area contributed by atoms with Gasteiger partial charge in [-0.1, -0.05) is 22.0 Å². The zero-order valence-corrected chi connectivity index (χ0v) is 16.8. The van der Waals surface area contributed by atoms with E-state index in [1.54, 1.807) is 6.33 Å². The molecule has 27 heavy (non-hydrogen) atoms. The molecule has 2 aromatic heterocycles. The third kappa shape index (κ3) is 3.16. The third-order valence-electron chi connectivity index (χ3n) is 6.11. The number of fused-ring (bicyclic) bond motifs is 1. The number of nitrogens with zero attached hydrogens (tertiary/aromatic N) is 5. The molecule has 0 aliphatic carbocycles. The Morgan fingerprint density at radius 2 is 1.70 bits per heavy atom. The summed E-state index contributed by atoms with van der Waals surface area (Å²) in [5.74, 6) is 2.18. The van der Waals surface area contributed by atoms with Gasteiger partial charge in [0.1, 0.15) is 18.0 Å². The fraction of sp³-hybridized carbons (Fsp3) is 0.381. The van der Waals surface area contributed by atoms with Crippen LogP contribution in [0.25, 0.3) is 10.9 Å². The molecule has 2 aliphatic heterocycles. The maximum atomic E-state index is 4.62. The van der Waals surface area contributed by atoms with Crippen molar-refractivity contribution in [2.75, 3.05) is 36.0 Å². The molecule has 3 aromatic rings. The first-order valence-corrected chi connectivity index (χ1v) is 10.3. The highest BCUT2D eigenvalue weighted by Crippen LogP contribution is 2.42. The van der Waals surface area contributed by atoms with Gasteiger partial charge in [0.15, 0.2) is 0 Å². The van der Waals surface area contributed by atoms with Crippen molar-refractivity contribution in [1.29, 1.82) is 0 Å². The molecular weight excluding hydrogens is 402 g/mol. The van der Waals surface area contributed by atoms with Gasteiger partial charge in [0.05, 0.1) is 5.52 Å². The SMILES string of the molecule is Brc1ccc2ncnc(N3CCC4(CCN(c5ccccn5)C4)CC3)c2c1. The van der Waals surface area contributed by atoms with E-state index in [1.165, 1.54) is 19.3 Å². The Hall–Kier alpha value is -2.21. The van der Waals surface area contributed by atoms with Gasteiger partial charge in [-0.3, -0.25) is 0 Å². The van der Waals surface area contributed by atoms with E-state index in [2.05, 4.69) is 64.9 Å². The number of hydrogen-bond acceptors (Lipinski definition) is 5. The maximum absolute atomic E-state index is 4.62. The second kappa shape index (κ2) is 6.75. The lowest BCUT2D eigenvalue weighted by Gasteiger charge is -2.40. The first kappa shape index (κ1) is 16.9. The molecule has 0 radical (unpaired) electrons. The Kier molecular flexibility index (Phi) is 4.23. The number of halogens is 1. The summed E-state index contributed by atoms with van der Waals surface area (Å²) in [6.07, 6.45) is 7.24. The van der Waals surface area contributed by atoms with Crippen LogP contribution in [0.5, 0.6) is 0 Å². The van der Waals surface area contributed by atoms with Gasteiger partial charge >= 0.3 is 0 Å². The number of aromatic nitrogens is 3. The molecule has 2 fully saturated rings. The van der Waals surface area contributed by atoms with E-state index in [0.717, 1.165) is 53.2 Å². The lowest BCUT2D eigenvalue weighted by molar-refractivity contribution is 0.250. The van der Waals surface area contributed by atoms with Crippen molar-refractivity contribution in [2.24, 2.45) is 5.41 Å². The van der Waals surface area contributed by atoms with Gasteiger partial charge in [-0.25, -0.2) is 15.0 Å². The molecule has 0 unspecified atom stereocenters. The number of benzene rings is 1. The van der Waals surface area contributed by atoms with Gasteiger partial charge in [-0.05, 0) is 55.0 Å². The highest BCUT2D eigenvalue weighted by atomic mass is 79.9. The molecule has 6 heteroatoms. The monoisotopic (exact) mass is 423 g/mol. The van der Waals surface area contributed by atoms with Crippen LogP contribution in [0.3, 0.4) is 0 Å². The number of pyridine rings is 1. The smallest absolute Gasteiger partial charge is 0.139 e. The van der Waals surface area contributed by atoms with Gasteiger partial charge in [-0.15, -0.1) is 0 Å². The fourth-order valence-corrected chi connectivity index (χ4v) is 4.90. The van der Waals surface area contributed by atoms with Gasteiger partial charge in [0.25, 0.3) is 0 Å². The van der Waals surface area contributed by atoms with Crippen LogP contribution in [-0.4, -0.2) is 41.1 Å². The largest absolute Gasteiger partial charge is 0.356 e. The molecule has 0 atom stereocenters. The summed E-state index contributed by atoms with van der Waals surface area (Å²) in [6, 6.07) is 12.4. The van der Waals surface area contributed by atoms with Crippen molar-refractivity contribution >= 4 is 38.5 Å². The summed E-state index contributed by atoms with van der Waals surface area (Å²) in [5, 5.41) is 1.13. The van der Waals surface area contributed by atoms with Crippen LogP contribution < -0.4 is 9.80 Å². The van der Waals surface area contributed by atoms with Crippen molar-refractivity contribution < 1.29 is 0 Å². The minimum Gasteiger partial charge on any atom is -0.356 e. The predicted molar refractivity (Wildman–Crippen MR) is 112 cm³/mol. The Morgan fingerprint density at radius 1 is 0.889 bits per heavy atom. The van der Waals surface area contributed by atoms with Crippen molar-refractivity contribution in [3.63, 3.8) is 0 Å². The summed E-state index contributed by atoms with van der Waals surface area (Å²) >= 11 is 3.58. The molecule has 2 saturated heterocycles. The Balaban J connectivity index is 1.33. The second-order valence-corrected chi connectivity index (χ2v) is 8.62. The van der Waals surface area contributed by atoms with Crippen molar-refractivity contribution in [1.82, 2.24) is 15.0 Å². The van der Waals surface area contributed by atoms with Crippen molar-refractivity contribution in [3.05, 3.63) is 53.4 Å². The minimum absolute atomic E-state index is 0.414. The molecule has 0 bridgehead atoms. The van der Waals surface area contributed by atoms with Crippen LogP contribution in [0.2, 0.25) is 0 Å². The molecule has 0 N–H and O–H groups in total. The quantitative estimate of drug-likeness (QED) is 0.615. The summed E-state index contributed by atoms with van der Waals surface area (Å²) in [7, 11) is 0. The second-order valence-electron chi connectivity index (χ2n) is 7.71. The van der Waals surface area contributed by atoms with Crippen LogP contribution >= 0.6 is 15.9 Å². The summed E-state index contributed by atoms with van der Waals surface area (Å²) in [5.41, 5.74) is 1.42. The number of hydrogen-bond donors (Lipinski definition) is 0. The normalized spacial score (nSPS) is 19.1. The van der Waals surface area contributed by atoms with E-state index >= 15 is 0 Å². The van der Waals surface area contributed by atoms with Crippen LogP contribution in [0, 0.1) is 5.41 Å². The van der Waals surface area contributed by atoms with Gasteiger partial charge in [-0.2, -0.15) is 0 Å². The van der Waals surface area contributed by atoms with Crippen molar-refractivity contribution in [3.8, 4) is 0 Å². The zero-order valence-electron chi connectivity index (χ0n) is 15.2. The highest BCUT2D eigenvalue weighted by Gasteiger charge is 2.41. The summed E-state index contributed by atoms with van der Waals surface area (Å²) in [6.45, 7) is 4.33. The third-order valence-corrected chi connectivity index (χ3v) is 6.60. The molecule has 5 nitrogen and oxygen atoms in total. The summed E-state index contributed by atoms with van der Waals surface area (Å²) in [4.78, 5) is 18.5. The predicted octanol–water partition coefficient (Wildman–Crippen LogP) is 4.28. The first-order chi connectivity index (χ1) is 13.2. The highest BCUT2D eigenvalue weighted by molar-refractivity contribution is 9.10. The van der Waals surface area contributed by atoms with Crippen LogP contribution in [0.1, 0.15) is 19.3 Å². The fourth-order valence-electron chi connectivity index (χ4n) is 4.54. The van der Waals surface area contributed by atoms with Crippen LogP contribution in [-0.2, 0) is 0 Å². The average Bonchev–Trinajstić information content (AvgIpc) is 3.13. The van der Waals surface area contributed by atoms with E-state index in [4.69, 9.17) is 0 Å². The Bertz CT molecular complexity index is 953. The molecule has 1 aromatic carbocycles. The lowest BCUT2D eigenvalue weighted by Crippen LogP contribution is -2.42. The van der Waals surface area contributed by atoms with E-state index in [0.29, 0.717) is 5.41 Å². The van der Waals surface area contributed by atoms with Gasteiger partial charge < -0.3 is 9.80 Å². The van der Waals surface area contributed by atoms with E-state index in [9.17, 15) is 0 Å². The molecular formula is C21H22BrN5. The van der Waals surface area contributed by atoms with E-state index < -0.39 is 0 Å². The number of rotatable bonds is 2. The molecule has 0 saturated carbocycles. The lowest BCUT2D eigenvalue weighted by atomic mass is 9.78. The van der Waals surface area contributed by atoms with Crippen LogP contribution in [0.15, 0.2) is 53.4 Å². The van der Waals surface area contributed by atoms with Crippen LogP contribution in [0.4, 0.5) is 11.6 Å². The molecule has 5 rings (SSSR count). The Morgan fingerprint density at radius 3 is 2.48 bits per heavy atom. The van der Waals surface area contributed by atoms with Gasteiger partial charge in [0.2, 0.25) is 0 Å². The molecule has 4 heterocycles. The molecule has 2 aliphatic rings. The molecule has 138 valence electrons. The maximum Gasteiger partial charge on any atom is 0.139 e. The van der Waals surface area contributed by atoms with Crippen molar-refractivity contribution in [2.45, 2.75) is 19.3 Å². The summed E-state index contributed by atoms with van der Waals surface area (Å²) < 4.78 is 1.07. The number of anilines is 2. The van der Waals surface area contributed by atoms with E-state index in [-0.39, 0.29) is 0 Å². The van der Waals surface area contributed by atoms with E-state index in [1.807, 2.05) is 18.3 Å². The Labute approximate surface area is 167 Å². The minimum atomic E-state index is 0.414. The average molecular weight is 424 g/mol.